The van der Waals surface area contributed by atoms with Gasteiger partial charge in [-0.05, 0) is 32.3 Å². The van der Waals surface area contributed by atoms with E-state index in [2.05, 4.69) is 4.74 Å². The second-order valence-corrected chi connectivity index (χ2v) is 3.97. The lowest BCUT2D eigenvalue weighted by atomic mass is 10.1. The molecule has 1 aromatic carbocycles. The maximum atomic E-state index is 11.4. The molecule has 0 fully saturated rings. The Kier molecular flexibility index (Phi) is 5.15. The zero-order valence-corrected chi connectivity index (χ0v) is 10.8. The van der Waals surface area contributed by atoms with Crippen LogP contribution < -0.4 is 4.74 Å². The molecule has 1 aromatic rings. The molecule has 0 aromatic heterocycles. The average Bonchev–Trinajstić information content (AvgIpc) is 2.37. The monoisotopic (exact) mass is 248 g/mol. The van der Waals surface area contributed by atoms with E-state index in [9.17, 15) is 4.79 Å². The van der Waals surface area contributed by atoms with Crippen molar-refractivity contribution in [2.45, 2.75) is 0 Å². The third-order valence-corrected chi connectivity index (χ3v) is 2.32. The summed E-state index contributed by atoms with van der Waals surface area (Å²) in [6, 6.07) is 6.65. The van der Waals surface area contributed by atoms with Crippen LogP contribution in [0.5, 0.6) is 5.75 Å². The maximum Gasteiger partial charge on any atom is 0.337 e. The average molecular weight is 248 g/mol. The molecule has 0 aliphatic heterocycles. The highest BCUT2D eigenvalue weighted by molar-refractivity contribution is 5.90. The van der Waals surface area contributed by atoms with Gasteiger partial charge < -0.3 is 14.4 Å². The molecule has 0 saturated heterocycles. The van der Waals surface area contributed by atoms with Gasteiger partial charge in [-0.25, -0.2) is 4.79 Å². The molecule has 5 nitrogen and oxygen atoms in total. The number of rotatable bonds is 5. The minimum absolute atomic E-state index is 0.372. The summed E-state index contributed by atoms with van der Waals surface area (Å²) in [5.41, 5.74) is 0.776. The molecule has 0 heterocycles. The number of esters is 1. The Bertz CT molecular complexity index is 464. The minimum atomic E-state index is -0.447. The van der Waals surface area contributed by atoms with Gasteiger partial charge in [0.15, 0.2) is 0 Å². The zero-order chi connectivity index (χ0) is 13.5. The number of nitrogens with zero attached hydrogens (tertiary/aromatic N) is 2. The molecule has 0 amide bonds. The Morgan fingerprint density at radius 1 is 1.44 bits per heavy atom. The van der Waals surface area contributed by atoms with Gasteiger partial charge in [0.1, 0.15) is 18.4 Å². The molecule has 0 radical (unpaired) electrons. The molecule has 0 unspecified atom stereocenters. The van der Waals surface area contributed by atoms with Crippen LogP contribution in [0.4, 0.5) is 0 Å². The number of nitriles is 1. The van der Waals surface area contributed by atoms with Crippen molar-refractivity contribution in [1.82, 2.24) is 4.90 Å². The van der Waals surface area contributed by atoms with E-state index in [1.54, 1.807) is 12.1 Å². The molecular weight excluding hydrogens is 232 g/mol. The Hall–Kier alpha value is -2.06. The molecule has 0 bridgehead atoms. The van der Waals surface area contributed by atoms with E-state index in [1.807, 2.05) is 25.1 Å². The van der Waals surface area contributed by atoms with Gasteiger partial charge in [0.05, 0.1) is 18.2 Å². The first-order chi connectivity index (χ1) is 8.58. The predicted molar refractivity (Wildman–Crippen MR) is 66.5 cm³/mol. The molecule has 0 N–H and O–H groups in total. The van der Waals surface area contributed by atoms with Crippen molar-refractivity contribution in [3.63, 3.8) is 0 Å². The molecule has 0 saturated carbocycles. The summed E-state index contributed by atoms with van der Waals surface area (Å²) in [5.74, 6) is -0.0424. The first-order valence-electron chi connectivity index (χ1n) is 5.48. The number of ether oxygens (including phenoxy) is 2. The first-order valence-corrected chi connectivity index (χ1v) is 5.48. The van der Waals surface area contributed by atoms with Crippen molar-refractivity contribution >= 4 is 5.97 Å². The van der Waals surface area contributed by atoms with E-state index < -0.39 is 5.97 Å². The topological polar surface area (TPSA) is 62.6 Å². The lowest BCUT2D eigenvalue weighted by Crippen LogP contribution is -2.19. The van der Waals surface area contributed by atoms with E-state index in [0.29, 0.717) is 23.5 Å². The lowest BCUT2D eigenvalue weighted by Gasteiger charge is -2.12. The van der Waals surface area contributed by atoms with Crippen molar-refractivity contribution in [2.75, 3.05) is 34.4 Å². The summed E-state index contributed by atoms with van der Waals surface area (Å²) in [6.07, 6.45) is 0. The van der Waals surface area contributed by atoms with E-state index in [0.717, 1.165) is 6.54 Å². The fraction of sp³-hybridized carbons (Fsp3) is 0.385. The van der Waals surface area contributed by atoms with Gasteiger partial charge >= 0.3 is 5.97 Å². The van der Waals surface area contributed by atoms with E-state index >= 15 is 0 Å². The highest BCUT2D eigenvalue weighted by atomic mass is 16.5. The van der Waals surface area contributed by atoms with Crippen LogP contribution in [0.1, 0.15) is 15.9 Å². The Labute approximate surface area is 107 Å². The van der Waals surface area contributed by atoms with E-state index in [1.165, 1.54) is 13.2 Å². The third kappa shape index (κ3) is 3.75. The van der Waals surface area contributed by atoms with Crippen LogP contribution >= 0.6 is 0 Å². The standard InChI is InChI=1S/C13H16N2O3/c1-15(2)6-7-18-12-8-10(13(16)17-3)4-5-11(12)9-14/h4-5,8H,6-7H2,1-3H3. The van der Waals surface area contributed by atoms with Crippen LogP contribution in [0.15, 0.2) is 18.2 Å². The summed E-state index contributed by atoms with van der Waals surface area (Å²) in [5, 5.41) is 8.96. The highest BCUT2D eigenvalue weighted by Crippen LogP contribution is 2.20. The number of hydrogen-bond donors (Lipinski definition) is 0. The third-order valence-electron chi connectivity index (χ3n) is 2.32. The van der Waals surface area contributed by atoms with Gasteiger partial charge in [0, 0.05) is 6.54 Å². The van der Waals surface area contributed by atoms with Crippen LogP contribution in [-0.4, -0.2) is 45.2 Å². The number of carbonyl (C=O) groups excluding carboxylic acids is 1. The van der Waals surface area contributed by atoms with E-state index in [4.69, 9.17) is 10.00 Å². The van der Waals surface area contributed by atoms with Gasteiger partial charge in [0.25, 0.3) is 0 Å². The number of benzene rings is 1. The van der Waals surface area contributed by atoms with Gasteiger partial charge in [-0.15, -0.1) is 0 Å². The second-order valence-electron chi connectivity index (χ2n) is 3.97. The van der Waals surface area contributed by atoms with Gasteiger partial charge in [0.2, 0.25) is 0 Å². The van der Waals surface area contributed by atoms with Crippen LogP contribution in [-0.2, 0) is 4.74 Å². The Morgan fingerprint density at radius 2 is 2.17 bits per heavy atom. The lowest BCUT2D eigenvalue weighted by molar-refractivity contribution is 0.0600. The predicted octanol–water partition coefficient (Wildman–Crippen LogP) is 1.29. The fourth-order valence-electron chi connectivity index (χ4n) is 1.32. The van der Waals surface area contributed by atoms with Crippen molar-refractivity contribution in [3.8, 4) is 11.8 Å². The van der Waals surface area contributed by atoms with Crippen molar-refractivity contribution in [1.29, 1.82) is 5.26 Å². The normalized spacial score (nSPS) is 9.94. The van der Waals surface area contributed by atoms with Gasteiger partial charge in [-0.1, -0.05) is 0 Å². The first kappa shape index (κ1) is 14.0. The SMILES string of the molecule is COC(=O)c1ccc(C#N)c(OCCN(C)C)c1. The number of likely N-dealkylation sites (N-methyl/N-ethyl adjacent to an activating group) is 1. The molecule has 0 spiro atoms. The van der Waals surface area contributed by atoms with Crippen LogP contribution in [0.2, 0.25) is 0 Å². The summed E-state index contributed by atoms with van der Waals surface area (Å²) >= 11 is 0. The molecule has 96 valence electrons. The number of methoxy groups -OCH3 is 1. The quantitative estimate of drug-likeness (QED) is 0.735. The zero-order valence-electron chi connectivity index (χ0n) is 10.8. The summed E-state index contributed by atoms with van der Waals surface area (Å²) < 4.78 is 10.1. The maximum absolute atomic E-state index is 11.4. The van der Waals surface area contributed by atoms with Crippen molar-refractivity contribution < 1.29 is 14.3 Å². The second kappa shape index (κ2) is 6.62. The Balaban J connectivity index is 2.86. The number of hydrogen-bond acceptors (Lipinski definition) is 5. The van der Waals surface area contributed by atoms with Crippen LogP contribution in [0, 0.1) is 11.3 Å². The summed E-state index contributed by atoms with van der Waals surface area (Å²) in [4.78, 5) is 13.3. The van der Waals surface area contributed by atoms with Gasteiger partial charge in [-0.2, -0.15) is 5.26 Å². The Morgan fingerprint density at radius 3 is 2.72 bits per heavy atom. The van der Waals surface area contributed by atoms with Crippen molar-refractivity contribution in [3.05, 3.63) is 29.3 Å². The molecule has 18 heavy (non-hydrogen) atoms. The van der Waals surface area contributed by atoms with Crippen molar-refractivity contribution in [2.24, 2.45) is 0 Å². The summed E-state index contributed by atoms with van der Waals surface area (Å²) in [7, 11) is 5.17. The van der Waals surface area contributed by atoms with Crippen LogP contribution in [0.25, 0.3) is 0 Å². The smallest absolute Gasteiger partial charge is 0.337 e. The molecular formula is C13H16N2O3. The molecule has 1 rings (SSSR count). The summed E-state index contributed by atoms with van der Waals surface area (Å²) in [6.45, 7) is 1.18. The molecule has 0 aliphatic carbocycles. The highest BCUT2D eigenvalue weighted by Gasteiger charge is 2.10. The molecule has 5 heteroatoms. The van der Waals surface area contributed by atoms with E-state index in [-0.39, 0.29) is 0 Å². The number of carbonyl (C=O) groups is 1. The largest absolute Gasteiger partial charge is 0.491 e. The van der Waals surface area contributed by atoms with Crippen LogP contribution in [0.3, 0.4) is 0 Å². The minimum Gasteiger partial charge on any atom is -0.491 e. The fourth-order valence-corrected chi connectivity index (χ4v) is 1.32. The van der Waals surface area contributed by atoms with Gasteiger partial charge in [-0.3, -0.25) is 0 Å². The molecule has 0 aliphatic rings. The molecule has 0 atom stereocenters.